The highest BCUT2D eigenvalue weighted by atomic mass is 32.1. The number of anilines is 1. The van der Waals surface area contributed by atoms with E-state index in [4.69, 9.17) is 10.4 Å². The van der Waals surface area contributed by atoms with Crippen LogP contribution in [0.2, 0.25) is 0 Å². The standard InChI is InChI=1S/C6H6N2OS/c1-8-6-4(2-7)5(9)3-10-6/h3,8-9H,1H3. The van der Waals surface area contributed by atoms with Crippen molar-refractivity contribution < 1.29 is 5.11 Å². The maximum Gasteiger partial charge on any atom is 0.146 e. The summed E-state index contributed by atoms with van der Waals surface area (Å²) >= 11 is 1.32. The third kappa shape index (κ3) is 0.913. The Bertz CT molecular complexity index is 274. The maximum atomic E-state index is 9.01. The highest BCUT2D eigenvalue weighted by Gasteiger charge is 2.07. The highest BCUT2D eigenvalue weighted by molar-refractivity contribution is 7.14. The molecule has 0 aliphatic heterocycles. The van der Waals surface area contributed by atoms with Gasteiger partial charge in [-0.15, -0.1) is 11.3 Å². The Morgan fingerprint density at radius 3 is 2.90 bits per heavy atom. The second-order valence-corrected chi connectivity index (χ2v) is 2.57. The molecule has 0 fully saturated rings. The van der Waals surface area contributed by atoms with Gasteiger partial charge in [-0.2, -0.15) is 5.26 Å². The van der Waals surface area contributed by atoms with Gasteiger partial charge in [0, 0.05) is 12.4 Å². The van der Waals surface area contributed by atoms with E-state index in [9.17, 15) is 0 Å². The quantitative estimate of drug-likeness (QED) is 0.642. The average molecular weight is 154 g/mol. The molecule has 0 unspecified atom stereocenters. The second kappa shape index (κ2) is 2.58. The number of nitriles is 1. The molecule has 2 N–H and O–H groups in total. The van der Waals surface area contributed by atoms with E-state index in [1.165, 1.54) is 16.7 Å². The third-order valence-electron chi connectivity index (χ3n) is 1.11. The van der Waals surface area contributed by atoms with Crippen LogP contribution < -0.4 is 5.32 Å². The van der Waals surface area contributed by atoms with Gasteiger partial charge < -0.3 is 10.4 Å². The summed E-state index contributed by atoms with van der Waals surface area (Å²) in [7, 11) is 1.71. The van der Waals surface area contributed by atoms with Crippen LogP contribution in [0.4, 0.5) is 5.00 Å². The third-order valence-corrected chi connectivity index (χ3v) is 2.10. The molecule has 0 amide bonds. The van der Waals surface area contributed by atoms with Gasteiger partial charge in [-0.3, -0.25) is 0 Å². The Kier molecular flexibility index (Phi) is 1.78. The smallest absolute Gasteiger partial charge is 0.146 e. The monoisotopic (exact) mass is 154 g/mol. The van der Waals surface area contributed by atoms with Gasteiger partial charge in [0.05, 0.1) is 0 Å². The van der Waals surface area contributed by atoms with Crippen molar-refractivity contribution in [3.63, 3.8) is 0 Å². The van der Waals surface area contributed by atoms with Gasteiger partial charge >= 0.3 is 0 Å². The molecule has 0 spiro atoms. The van der Waals surface area contributed by atoms with Crippen LogP contribution in [0, 0.1) is 11.3 Å². The van der Waals surface area contributed by atoms with Gasteiger partial charge in [0.2, 0.25) is 0 Å². The van der Waals surface area contributed by atoms with Crippen LogP contribution in [0.1, 0.15) is 5.56 Å². The molecule has 0 aliphatic carbocycles. The predicted molar refractivity (Wildman–Crippen MR) is 40.2 cm³/mol. The van der Waals surface area contributed by atoms with Gasteiger partial charge in [0.1, 0.15) is 22.4 Å². The Morgan fingerprint density at radius 1 is 1.80 bits per heavy atom. The number of rotatable bonds is 1. The lowest BCUT2D eigenvalue weighted by Gasteiger charge is -1.91. The minimum atomic E-state index is 0.0526. The molecule has 0 radical (unpaired) electrons. The van der Waals surface area contributed by atoms with E-state index in [-0.39, 0.29) is 5.75 Å². The van der Waals surface area contributed by atoms with Crippen molar-refractivity contribution in [3.05, 3.63) is 10.9 Å². The van der Waals surface area contributed by atoms with Gasteiger partial charge in [-0.1, -0.05) is 0 Å². The molecule has 4 heteroatoms. The lowest BCUT2D eigenvalue weighted by molar-refractivity contribution is 0.476. The van der Waals surface area contributed by atoms with Crippen LogP contribution in [0.25, 0.3) is 0 Å². The molecule has 3 nitrogen and oxygen atoms in total. The number of hydrogen-bond acceptors (Lipinski definition) is 4. The summed E-state index contributed by atoms with van der Waals surface area (Å²) in [6.07, 6.45) is 0. The molecule has 0 saturated heterocycles. The van der Waals surface area contributed by atoms with E-state index < -0.39 is 0 Å². The normalized spacial score (nSPS) is 8.80. The number of thiophene rings is 1. The average Bonchev–Trinajstić information content (AvgIpc) is 2.30. The molecular formula is C6H6N2OS. The lowest BCUT2D eigenvalue weighted by Crippen LogP contribution is -1.85. The van der Waals surface area contributed by atoms with Crippen molar-refractivity contribution in [3.8, 4) is 11.8 Å². The molecule has 0 aromatic carbocycles. The summed E-state index contributed by atoms with van der Waals surface area (Å²) in [6, 6.07) is 1.89. The first-order valence-electron chi connectivity index (χ1n) is 2.68. The van der Waals surface area contributed by atoms with Crippen molar-refractivity contribution in [1.29, 1.82) is 5.26 Å². The first-order chi connectivity index (χ1) is 4.79. The number of nitrogens with zero attached hydrogens (tertiary/aromatic N) is 1. The van der Waals surface area contributed by atoms with Crippen LogP contribution >= 0.6 is 11.3 Å². The largest absolute Gasteiger partial charge is 0.506 e. The topological polar surface area (TPSA) is 56.0 Å². The molecule has 0 atom stereocenters. The maximum absolute atomic E-state index is 9.01. The molecule has 1 aromatic heterocycles. The molecule has 1 aromatic rings. The van der Waals surface area contributed by atoms with Crippen LogP contribution in [-0.4, -0.2) is 12.2 Å². The summed E-state index contributed by atoms with van der Waals surface area (Å²) < 4.78 is 0. The van der Waals surface area contributed by atoms with Crippen molar-refractivity contribution in [1.82, 2.24) is 0 Å². The molecule has 1 rings (SSSR count). The fraction of sp³-hybridized carbons (Fsp3) is 0.167. The second-order valence-electron chi connectivity index (χ2n) is 1.69. The van der Waals surface area contributed by atoms with E-state index in [1.807, 2.05) is 6.07 Å². The molecule has 0 saturated carbocycles. The Balaban J connectivity index is 3.17. The van der Waals surface area contributed by atoms with Crippen molar-refractivity contribution in [2.24, 2.45) is 0 Å². The van der Waals surface area contributed by atoms with E-state index in [2.05, 4.69) is 5.32 Å². The zero-order valence-electron chi connectivity index (χ0n) is 5.38. The fourth-order valence-electron chi connectivity index (χ4n) is 0.641. The van der Waals surface area contributed by atoms with E-state index in [0.29, 0.717) is 10.6 Å². The van der Waals surface area contributed by atoms with E-state index in [0.717, 1.165) is 0 Å². The predicted octanol–water partition coefficient (Wildman–Crippen LogP) is 1.37. The number of nitrogens with one attached hydrogen (secondary N) is 1. The Morgan fingerprint density at radius 2 is 2.50 bits per heavy atom. The van der Waals surface area contributed by atoms with Crippen molar-refractivity contribution in [2.75, 3.05) is 12.4 Å². The lowest BCUT2D eigenvalue weighted by atomic mass is 10.3. The van der Waals surface area contributed by atoms with Gasteiger partial charge in [0.25, 0.3) is 0 Å². The van der Waals surface area contributed by atoms with E-state index in [1.54, 1.807) is 7.05 Å². The zero-order chi connectivity index (χ0) is 7.56. The molecular weight excluding hydrogens is 148 g/mol. The molecule has 52 valence electrons. The highest BCUT2D eigenvalue weighted by Crippen LogP contribution is 2.31. The van der Waals surface area contributed by atoms with Crippen molar-refractivity contribution >= 4 is 16.3 Å². The molecule has 1 heterocycles. The molecule has 0 aliphatic rings. The summed E-state index contributed by atoms with van der Waals surface area (Å²) in [5.41, 5.74) is 0.326. The summed E-state index contributed by atoms with van der Waals surface area (Å²) in [5.74, 6) is 0.0526. The molecule has 10 heavy (non-hydrogen) atoms. The van der Waals surface area contributed by atoms with Crippen LogP contribution in [0.15, 0.2) is 5.38 Å². The fourth-order valence-corrected chi connectivity index (χ4v) is 1.37. The van der Waals surface area contributed by atoms with Crippen LogP contribution in [-0.2, 0) is 0 Å². The first kappa shape index (κ1) is 6.90. The van der Waals surface area contributed by atoms with Crippen LogP contribution in [0.3, 0.4) is 0 Å². The van der Waals surface area contributed by atoms with Crippen molar-refractivity contribution in [2.45, 2.75) is 0 Å². The SMILES string of the molecule is CNc1scc(O)c1C#N. The number of aromatic hydroxyl groups is 1. The van der Waals surface area contributed by atoms with E-state index >= 15 is 0 Å². The molecule has 0 bridgehead atoms. The Labute approximate surface area is 62.5 Å². The van der Waals surface area contributed by atoms with Gasteiger partial charge in [-0.05, 0) is 0 Å². The van der Waals surface area contributed by atoms with Gasteiger partial charge in [0.15, 0.2) is 0 Å². The zero-order valence-corrected chi connectivity index (χ0v) is 6.20. The Hall–Kier alpha value is -1.21. The number of hydrogen-bond donors (Lipinski definition) is 2. The summed E-state index contributed by atoms with van der Waals surface area (Å²) in [5, 5.41) is 22.5. The summed E-state index contributed by atoms with van der Waals surface area (Å²) in [6.45, 7) is 0. The minimum Gasteiger partial charge on any atom is -0.506 e. The summed E-state index contributed by atoms with van der Waals surface area (Å²) in [4.78, 5) is 0. The van der Waals surface area contributed by atoms with Crippen LogP contribution in [0.5, 0.6) is 5.75 Å². The minimum absolute atomic E-state index is 0.0526. The first-order valence-corrected chi connectivity index (χ1v) is 3.56. The van der Waals surface area contributed by atoms with Gasteiger partial charge in [-0.25, -0.2) is 0 Å².